The lowest BCUT2D eigenvalue weighted by Gasteiger charge is -2.12. The highest BCUT2D eigenvalue weighted by molar-refractivity contribution is 5.72. The van der Waals surface area contributed by atoms with Crippen LogP contribution in [0.25, 0.3) is 34.2 Å². The van der Waals surface area contributed by atoms with Gasteiger partial charge in [0.1, 0.15) is 11.5 Å². The molecule has 0 fully saturated rings. The monoisotopic (exact) mass is 411 g/mol. The van der Waals surface area contributed by atoms with Crippen LogP contribution in [0.15, 0.2) is 66.7 Å². The first-order chi connectivity index (χ1) is 15.1. The van der Waals surface area contributed by atoms with Gasteiger partial charge in [-0.2, -0.15) is 0 Å². The van der Waals surface area contributed by atoms with Crippen LogP contribution in [0.5, 0.6) is 11.5 Å². The summed E-state index contributed by atoms with van der Waals surface area (Å²) in [5, 5.41) is 10.7. The summed E-state index contributed by atoms with van der Waals surface area (Å²) in [5.41, 5.74) is 4.55. The van der Waals surface area contributed by atoms with Crippen molar-refractivity contribution in [3.63, 3.8) is 0 Å². The summed E-state index contributed by atoms with van der Waals surface area (Å²) in [4.78, 5) is 14.2. The molecule has 1 N–H and O–H groups in total. The first kappa shape index (κ1) is 20.5. The Morgan fingerprint density at radius 3 is 1.71 bits per heavy atom. The molecular weight excluding hydrogens is 386 g/mol. The second kappa shape index (κ2) is 8.96. The lowest BCUT2D eigenvalue weighted by atomic mass is 10.1. The Morgan fingerprint density at radius 1 is 0.710 bits per heavy atom. The molecule has 5 heteroatoms. The molecule has 0 saturated carbocycles. The van der Waals surface area contributed by atoms with E-state index in [-0.39, 0.29) is 5.75 Å². The number of aryl methyl sites for hydroxylation is 2. The van der Waals surface area contributed by atoms with Crippen LogP contribution in [0.4, 0.5) is 0 Å². The predicted octanol–water partition coefficient (Wildman–Crippen LogP) is 5.98. The topological polar surface area (TPSA) is 68.1 Å². The minimum atomic E-state index is 0.0753. The number of phenolic OH excluding ortho intramolecular Hbond substituents is 1. The van der Waals surface area contributed by atoms with Crippen molar-refractivity contribution in [2.75, 3.05) is 6.61 Å². The summed E-state index contributed by atoms with van der Waals surface area (Å²) in [7, 11) is 0. The van der Waals surface area contributed by atoms with Crippen molar-refractivity contribution in [1.82, 2.24) is 15.0 Å². The summed E-state index contributed by atoms with van der Waals surface area (Å²) in [6.07, 6.45) is 0.898. The third-order valence-corrected chi connectivity index (χ3v) is 5.09. The first-order valence-corrected chi connectivity index (χ1v) is 10.4. The van der Waals surface area contributed by atoms with Crippen LogP contribution < -0.4 is 4.74 Å². The van der Waals surface area contributed by atoms with Crippen molar-refractivity contribution >= 4 is 0 Å². The number of ether oxygens (including phenoxy) is 1. The zero-order chi connectivity index (χ0) is 21.8. The molecule has 0 atom stereocenters. The van der Waals surface area contributed by atoms with Gasteiger partial charge in [-0.25, -0.2) is 15.0 Å². The van der Waals surface area contributed by atoms with E-state index in [0.717, 1.165) is 28.7 Å². The highest BCUT2D eigenvalue weighted by atomic mass is 16.5. The Labute approximate surface area is 182 Å². The van der Waals surface area contributed by atoms with Crippen LogP contribution in [0.2, 0.25) is 0 Å². The zero-order valence-corrected chi connectivity index (χ0v) is 18.0. The highest BCUT2D eigenvalue weighted by Gasteiger charge is 2.16. The third-order valence-electron chi connectivity index (χ3n) is 5.09. The average Bonchev–Trinajstić information content (AvgIpc) is 2.78. The fraction of sp³-hybridized carbons (Fsp3) is 0.192. The lowest BCUT2D eigenvalue weighted by molar-refractivity contribution is 0.315. The van der Waals surface area contributed by atoms with Crippen molar-refractivity contribution in [2.24, 2.45) is 0 Å². The highest BCUT2D eigenvalue weighted by Crippen LogP contribution is 2.33. The summed E-state index contributed by atoms with van der Waals surface area (Å²) in [6, 6.07) is 21.2. The van der Waals surface area contributed by atoms with Crippen LogP contribution in [0.1, 0.15) is 24.5 Å². The molecule has 0 bridgehead atoms. The van der Waals surface area contributed by atoms with E-state index in [0.29, 0.717) is 35.4 Å². The number of rotatable bonds is 6. The number of phenols is 1. The summed E-state index contributed by atoms with van der Waals surface area (Å²) < 4.78 is 5.63. The maximum Gasteiger partial charge on any atom is 0.167 e. The molecule has 5 nitrogen and oxygen atoms in total. The SMILES string of the molecule is CCCOc1ccc(-c2nc(-c3ccccc3C)nc(-c3ccccc3C)n2)c(O)c1. The number of nitrogens with zero attached hydrogens (tertiary/aromatic N) is 3. The van der Waals surface area contributed by atoms with Crippen LogP contribution in [-0.2, 0) is 0 Å². The largest absolute Gasteiger partial charge is 0.507 e. The van der Waals surface area contributed by atoms with Gasteiger partial charge < -0.3 is 9.84 Å². The molecule has 156 valence electrons. The Kier molecular flexibility index (Phi) is 5.94. The molecule has 4 rings (SSSR count). The molecule has 0 amide bonds. The molecule has 1 heterocycles. The molecule has 0 saturated heterocycles. The van der Waals surface area contributed by atoms with Gasteiger partial charge in [0.2, 0.25) is 0 Å². The smallest absolute Gasteiger partial charge is 0.167 e. The number of aromatic hydroxyl groups is 1. The van der Waals surface area contributed by atoms with Gasteiger partial charge in [-0.05, 0) is 43.5 Å². The number of aromatic nitrogens is 3. The predicted molar refractivity (Wildman–Crippen MR) is 123 cm³/mol. The van der Waals surface area contributed by atoms with Gasteiger partial charge in [-0.3, -0.25) is 0 Å². The molecule has 0 aliphatic heterocycles. The van der Waals surface area contributed by atoms with E-state index in [1.165, 1.54) is 0 Å². The van der Waals surface area contributed by atoms with Crippen molar-refractivity contribution in [3.05, 3.63) is 77.9 Å². The molecule has 0 spiro atoms. The second-order valence-electron chi connectivity index (χ2n) is 7.46. The van der Waals surface area contributed by atoms with Gasteiger partial charge in [0, 0.05) is 17.2 Å². The van der Waals surface area contributed by atoms with Crippen LogP contribution in [0.3, 0.4) is 0 Å². The molecule has 31 heavy (non-hydrogen) atoms. The van der Waals surface area contributed by atoms with E-state index < -0.39 is 0 Å². The first-order valence-electron chi connectivity index (χ1n) is 10.4. The fourth-order valence-corrected chi connectivity index (χ4v) is 3.40. The summed E-state index contributed by atoms with van der Waals surface area (Å²) in [6.45, 7) is 6.70. The van der Waals surface area contributed by atoms with E-state index >= 15 is 0 Å². The van der Waals surface area contributed by atoms with Gasteiger partial charge in [0.25, 0.3) is 0 Å². The Balaban J connectivity index is 1.88. The average molecular weight is 412 g/mol. The van der Waals surface area contributed by atoms with Gasteiger partial charge in [0.05, 0.1) is 12.2 Å². The molecule has 0 aliphatic carbocycles. The van der Waals surface area contributed by atoms with Crippen LogP contribution >= 0.6 is 0 Å². The minimum absolute atomic E-state index is 0.0753. The third kappa shape index (κ3) is 4.40. The minimum Gasteiger partial charge on any atom is -0.507 e. The molecule has 1 aromatic heterocycles. The molecule has 0 radical (unpaired) electrons. The van der Waals surface area contributed by atoms with E-state index in [4.69, 9.17) is 19.7 Å². The standard InChI is InChI=1S/C26H25N3O2/c1-4-15-31-19-13-14-22(23(30)16-19)26-28-24(20-11-7-5-9-17(20)2)27-25(29-26)21-12-8-6-10-18(21)3/h5-14,16,30H,4,15H2,1-3H3. The van der Waals surface area contributed by atoms with Crippen molar-refractivity contribution < 1.29 is 9.84 Å². The number of hydrogen-bond acceptors (Lipinski definition) is 5. The Hall–Kier alpha value is -3.73. The van der Waals surface area contributed by atoms with E-state index in [9.17, 15) is 5.11 Å². The van der Waals surface area contributed by atoms with Gasteiger partial charge in [0.15, 0.2) is 17.5 Å². The molecule has 4 aromatic rings. The quantitative estimate of drug-likeness (QED) is 0.422. The number of benzene rings is 3. The molecular formula is C26H25N3O2. The summed E-state index contributed by atoms with van der Waals surface area (Å²) >= 11 is 0. The van der Waals surface area contributed by atoms with Crippen LogP contribution in [0, 0.1) is 13.8 Å². The van der Waals surface area contributed by atoms with Crippen molar-refractivity contribution in [1.29, 1.82) is 0 Å². The van der Waals surface area contributed by atoms with Gasteiger partial charge >= 0.3 is 0 Å². The van der Waals surface area contributed by atoms with E-state index in [1.54, 1.807) is 12.1 Å². The molecule has 0 unspecified atom stereocenters. The lowest BCUT2D eigenvalue weighted by Crippen LogP contribution is -2.02. The second-order valence-corrected chi connectivity index (χ2v) is 7.46. The molecule has 0 aliphatic rings. The van der Waals surface area contributed by atoms with Crippen molar-refractivity contribution in [3.8, 4) is 45.7 Å². The van der Waals surface area contributed by atoms with Crippen LogP contribution in [-0.4, -0.2) is 26.7 Å². The van der Waals surface area contributed by atoms with Crippen molar-refractivity contribution in [2.45, 2.75) is 27.2 Å². The number of hydrogen-bond donors (Lipinski definition) is 1. The Morgan fingerprint density at radius 2 is 1.23 bits per heavy atom. The zero-order valence-electron chi connectivity index (χ0n) is 18.0. The fourth-order valence-electron chi connectivity index (χ4n) is 3.40. The summed E-state index contributed by atoms with van der Waals surface area (Å²) in [5.74, 6) is 2.27. The normalized spacial score (nSPS) is 10.8. The maximum atomic E-state index is 10.7. The maximum absolute atomic E-state index is 10.7. The van der Waals surface area contributed by atoms with Gasteiger partial charge in [-0.15, -0.1) is 0 Å². The van der Waals surface area contributed by atoms with Gasteiger partial charge in [-0.1, -0.05) is 55.5 Å². The molecule has 3 aromatic carbocycles. The Bertz CT molecular complexity index is 1160. The van der Waals surface area contributed by atoms with E-state index in [2.05, 4.69) is 0 Å². The van der Waals surface area contributed by atoms with E-state index in [1.807, 2.05) is 75.4 Å².